The molecule has 2 N–H and O–H groups in total. The Labute approximate surface area is 189 Å². The van der Waals surface area contributed by atoms with E-state index in [1.165, 1.54) is 11.1 Å². The van der Waals surface area contributed by atoms with E-state index in [0.717, 1.165) is 31.2 Å². The van der Waals surface area contributed by atoms with Crippen LogP contribution in [0, 0.1) is 0 Å². The number of nitrogens with one attached hydrogen (secondary N) is 1. The highest BCUT2D eigenvalue weighted by Gasteiger charge is 2.19. The van der Waals surface area contributed by atoms with Crippen molar-refractivity contribution in [3.05, 3.63) is 64.2 Å². The van der Waals surface area contributed by atoms with Crippen molar-refractivity contribution < 1.29 is 19.4 Å². The summed E-state index contributed by atoms with van der Waals surface area (Å²) in [6, 6.07) is 13.6. The monoisotopic (exact) mass is 453 g/mol. The van der Waals surface area contributed by atoms with E-state index in [0.29, 0.717) is 30.0 Å². The Morgan fingerprint density at radius 2 is 2.10 bits per heavy atom. The molecule has 7 heteroatoms. The average molecular weight is 454 g/mol. The lowest BCUT2D eigenvalue weighted by atomic mass is 10.0. The lowest BCUT2D eigenvalue weighted by molar-refractivity contribution is -0.145. The zero-order chi connectivity index (χ0) is 20.6. The van der Waals surface area contributed by atoms with Crippen LogP contribution in [0.15, 0.2) is 42.5 Å². The van der Waals surface area contributed by atoms with E-state index in [1.807, 2.05) is 24.3 Å². The SMILES string of the molecule is CCOC(=O)COc1ccc2c(c1)CCCC(NC[C@H](O)c1cccc(Cl)c1)C2.Cl. The standard InChI is InChI=1S/C23H28ClNO4.ClH/c1-2-28-23(27)15-29-21-10-9-17-12-20(8-4-5-16(17)13-21)25-14-22(26)18-6-3-7-19(24)11-18;/h3,6-7,9-11,13,20,22,25-26H,2,4-5,8,12,14-15H2,1H3;1H/t20?,22-;/m0./s1. The van der Waals surface area contributed by atoms with E-state index < -0.39 is 6.10 Å². The first-order chi connectivity index (χ1) is 14.0. The van der Waals surface area contributed by atoms with Gasteiger partial charge in [-0.05, 0) is 73.6 Å². The Bertz CT molecular complexity index is 831. The summed E-state index contributed by atoms with van der Waals surface area (Å²) in [5, 5.41) is 14.6. The summed E-state index contributed by atoms with van der Waals surface area (Å²) in [6.07, 6.45) is 3.38. The van der Waals surface area contributed by atoms with E-state index in [2.05, 4.69) is 11.4 Å². The van der Waals surface area contributed by atoms with Gasteiger partial charge in [-0.3, -0.25) is 0 Å². The van der Waals surface area contributed by atoms with Crippen molar-refractivity contribution in [1.82, 2.24) is 5.32 Å². The van der Waals surface area contributed by atoms with Gasteiger partial charge >= 0.3 is 5.97 Å². The molecule has 2 atom stereocenters. The first-order valence-electron chi connectivity index (χ1n) is 10.1. The van der Waals surface area contributed by atoms with E-state index in [1.54, 1.807) is 19.1 Å². The normalized spacial score (nSPS) is 16.6. The molecule has 0 bridgehead atoms. The second kappa shape index (κ2) is 12.2. The third kappa shape index (κ3) is 7.17. The van der Waals surface area contributed by atoms with Gasteiger partial charge in [0.1, 0.15) is 5.75 Å². The molecular weight excluding hydrogens is 425 g/mol. The van der Waals surface area contributed by atoms with Crippen LogP contribution in [0.3, 0.4) is 0 Å². The van der Waals surface area contributed by atoms with Crippen molar-refractivity contribution in [2.24, 2.45) is 0 Å². The van der Waals surface area contributed by atoms with Crippen molar-refractivity contribution >= 4 is 30.0 Å². The zero-order valence-electron chi connectivity index (χ0n) is 17.1. The smallest absolute Gasteiger partial charge is 0.344 e. The van der Waals surface area contributed by atoms with E-state index >= 15 is 0 Å². The molecule has 0 fully saturated rings. The maximum atomic E-state index is 11.5. The van der Waals surface area contributed by atoms with Crippen molar-refractivity contribution in [1.29, 1.82) is 0 Å². The molecule has 2 aromatic carbocycles. The highest BCUT2D eigenvalue weighted by atomic mass is 35.5. The molecule has 1 aliphatic rings. The lowest BCUT2D eigenvalue weighted by Gasteiger charge is -2.20. The Morgan fingerprint density at radius 3 is 2.87 bits per heavy atom. The number of rotatable bonds is 8. The summed E-state index contributed by atoms with van der Waals surface area (Å²) < 4.78 is 10.5. The third-order valence-electron chi connectivity index (χ3n) is 5.14. The number of aryl methyl sites for hydroxylation is 1. The minimum absolute atomic E-state index is 0. The van der Waals surface area contributed by atoms with Gasteiger partial charge in [-0.25, -0.2) is 4.79 Å². The Kier molecular flexibility index (Phi) is 9.92. The number of fused-ring (bicyclic) bond motifs is 1. The summed E-state index contributed by atoms with van der Waals surface area (Å²) in [4.78, 5) is 11.5. The Hall–Kier alpha value is -1.79. The molecule has 0 heterocycles. The fourth-order valence-corrected chi connectivity index (χ4v) is 3.86. The predicted molar refractivity (Wildman–Crippen MR) is 121 cm³/mol. The predicted octanol–water partition coefficient (Wildman–Crippen LogP) is 4.27. The number of carbonyl (C=O) groups is 1. The zero-order valence-corrected chi connectivity index (χ0v) is 18.7. The number of hydrogen-bond acceptors (Lipinski definition) is 5. The van der Waals surface area contributed by atoms with E-state index in [9.17, 15) is 9.90 Å². The molecular formula is C23H29Cl2NO4. The number of aliphatic hydroxyl groups is 1. The fraction of sp³-hybridized carbons (Fsp3) is 0.435. The summed E-state index contributed by atoms with van der Waals surface area (Å²) in [7, 11) is 0. The molecule has 0 saturated carbocycles. The molecule has 30 heavy (non-hydrogen) atoms. The topological polar surface area (TPSA) is 67.8 Å². The minimum Gasteiger partial charge on any atom is -0.482 e. The maximum Gasteiger partial charge on any atom is 0.344 e. The lowest BCUT2D eigenvalue weighted by Crippen LogP contribution is -2.34. The van der Waals surface area contributed by atoms with Gasteiger partial charge in [-0.1, -0.05) is 29.8 Å². The largest absolute Gasteiger partial charge is 0.482 e. The molecule has 0 spiro atoms. The van der Waals surface area contributed by atoms with Gasteiger partial charge in [0.25, 0.3) is 0 Å². The van der Waals surface area contributed by atoms with Gasteiger partial charge in [0.2, 0.25) is 0 Å². The first-order valence-corrected chi connectivity index (χ1v) is 10.5. The van der Waals surface area contributed by atoms with Gasteiger partial charge in [-0.2, -0.15) is 0 Å². The van der Waals surface area contributed by atoms with Crippen LogP contribution in [0.1, 0.15) is 42.6 Å². The number of ether oxygens (including phenoxy) is 2. The average Bonchev–Trinajstić information content (AvgIpc) is 2.92. The molecule has 0 aromatic heterocycles. The summed E-state index contributed by atoms with van der Waals surface area (Å²) in [5.41, 5.74) is 3.36. The van der Waals surface area contributed by atoms with Crippen LogP contribution in [0.25, 0.3) is 0 Å². The van der Waals surface area contributed by atoms with Crippen LogP contribution in [-0.2, 0) is 22.4 Å². The van der Waals surface area contributed by atoms with Crippen LogP contribution in [0.2, 0.25) is 5.02 Å². The molecule has 5 nitrogen and oxygen atoms in total. The molecule has 0 aliphatic heterocycles. The van der Waals surface area contributed by atoms with Crippen LogP contribution >= 0.6 is 24.0 Å². The fourth-order valence-electron chi connectivity index (χ4n) is 3.66. The quantitative estimate of drug-likeness (QED) is 0.461. The Balaban J connectivity index is 0.00000320. The number of benzene rings is 2. The molecule has 164 valence electrons. The van der Waals surface area contributed by atoms with E-state index in [4.69, 9.17) is 21.1 Å². The highest BCUT2D eigenvalue weighted by molar-refractivity contribution is 6.30. The summed E-state index contributed by atoms with van der Waals surface area (Å²) >= 11 is 6.02. The summed E-state index contributed by atoms with van der Waals surface area (Å²) in [5.74, 6) is 0.338. The molecule has 0 radical (unpaired) electrons. The number of carbonyl (C=O) groups excluding carboxylic acids is 1. The van der Waals surface area contributed by atoms with Crippen molar-refractivity contribution in [3.8, 4) is 5.75 Å². The number of aliphatic hydroxyl groups excluding tert-OH is 1. The number of halogens is 2. The molecule has 3 rings (SSSR count). The Morgan fingerprint density at radius 1 is 1.27 bits per heavy atom. The second-order valence-electron chi connectivity index (χ2n) is 7.30. The van der Waals surface area contributed by atoms with Crippen LogP contribution in [0.5, 0.6) is 5.75 Å². The van der Waals surface area contributed by atoms with Crippen molar-refractivity contribution in [3.63, 3.8) is 0 Å². The minimum atomic E-state index is -0.588. The number of hydrogen-bond donors (Lipinski definition) is 2. The second-order valence-corrected chi connectivity index (χ2v) is 7.73. The summed E-state index contributed by atoms with van der Waals surface area (Å²) in [6.45, 7) is 2.55. The van der Waals surface area contributed by atoms with Crippen molar-refractivity contribution in [2.45, 2.75) is 44.8 Å². The first kappa shape index (κ1) is 24.5. The van der Waals surface area contributed by atoms with Gasteiger partial charge in [0.05, 0.1) is 12.7 Å². The number of esters is 1. The maximum absolute atomic E-state index is 11.5. The van der Waals surface area contributed by atoms with Crippen LogP contribution < -0.4 is 10.1 Å². The molecule has 0 saturated heterocycles. The van der Waals surface area contributed by atoms with Gasteiger partial charge in [0, 0.05) is 17.6 Å². The molecule has 0 amide bonds. The molecule has 1 unspecified atom stereocenters. The van der Waals surface area contributed by atoms with Crippen LogP contribution in [-0.4, -0.2) is 36.9 Å². The molecule has 1 aliphatic carbocycles. The van der Waals surface area contributed by atoms with Gasteiger partial charge in [-0.15, -0.1) is 12.4 Å². The van der Waals surface area contributed by atoms with Crippen LogP contribution in [0.4, 0.5) is 0 Å². The van der Waals surface area contributed by atoms with Gasteiger partial charge in [0.15, 0.2) is 6.61 Å². The van der Waals surface area contributed by atoms with Gasteiger partial charge < -0.3 is 19.9 Å². The third-order valence-corrected chi connectivity index (χ3v) is 5.37. The van der Waals surface area contributed by atoms with E-state index in [-0.39, 0.29) is 25.0 Å². The molecule has 2 aromatic rings. The van der Waals surface area contributed by atoms with Crippen molar-refractivity contribution in [2.75, 3.05) is 19.8 Å². The highest BCUT2D eigenvalue weighted by Crippen LogP contribution is 2.26.